The molecule has 2 unspecified atom stereocenters. The number of hydrogen-bond acceptors (Lipinski definition) is 20. The molecule has 590 valence electrons. The monoisotopic (exact) mass is 1510 g/mol. The number of methoxy groups -OCH3 is 1. The van der Waals surface area contributed by atoms with E-state index in [9.17, 15) is 33.9 Å². The third-order valence-corrected chi connectivity index (χ3v) is 19.8. The summed E-state index contributed by atoms with van der Waals surface area (Å²) in [4.78, 5) is 87.2. The number of amides is 2. The number of aryl methyl sites for hydroxylation is 4. The number of carboxylic acid groups (broad SMARTS) is 1. The van der Waals surface area contributed by atoms with Crippen LogP contribution < -0.4 is 69.4 Å². The number of carbonyl (C=O) groups excluding carboxylic acids is 3. The number of aromatic amines is 2. The molecule has 0 spiro atoms. The normalized spacial score (nSPS) is 13.4. The summed E-state index contributed by atoms with van der Waals surface area (Å²) < 4.78 is 50.3. The second-order valence-corrected chi connectivity index (χ2v) is 28.1. The summed E-state index contributed by atoms with van der Waals surface area (Å²) in [6.45, 7) is 29.7. The first-order chi connectivity index (χ1) is 51.5. The second-order valence-electron chi connectivity index (χ2n) is 28.1. The van der Waals surface area contributed by atoms with Gasteiger partial charge in [-0.1, -0.05) is 52.0 Å². The minimum atomic E-state index is -0.957. The fourth-order valence-electron chi connectivity index (χ4n) is 14.0. The zero-order chi connectivity index (χ0) is 76.8. The molecule has 2 aliphatic heterocycles. The molecule has 8 N–H and O–H groups in total. The predicted molar refractivity (Wildman–Crippen MR) is 416 cm³/mol. The molecular formula is C83H109LiN8O18. The van der Waals surface area contributed by atoms with Gasteiger partial charge in [0, 0.05) is 122 Å². The number of benzene rings is 4. The average Bonchev–Trinajstić information content (AvgIpc) is 1.02. The maximum Gasteiger partial charge on any atom is 1.00 e. The van der Waals surface area contributed by atoms with E-state index in [1.165, 1.54) is 7.11 Å². The Morgan fingerprint density at radius 2 is 0.900 bits per heavy atom. The van der Waals surface area contributed by atoms with Crippen molar-refractivity contribution in [1.29, 1.82) is 0 Å². The van der Waals surface area contributed by atoms with Crippen LogP contribution in [0.5, 0.6) is 23.3 Å². The third-order valence-electron chi connectivity index (χ3n) is 19.8. The van der Waals surface area contributed by atoms with Gasteiger partial charge in [0.2, 0.25) is 0 Å². The van der Waals surface area contributed by atoms with E-state index in [1.807, 2.05) is 142 Å². The fraction of sp³-hybridized carbons (Fsp3) is 0.470. The van der Waals surface area contributed by atoms with Gasteiger partial charge in [-0.05, 0) is 234 Å². The number of ether oxygens (including phenoxy) is 7. The van der Waals surface area contributed by atoms with Gasteiger partial charge in [0.25, 0.3) is 34.7 Å². The molecule has 0 bridgehead atoms. The molecule has 4 aromatic carbocycles. The molecule has 2 atom stereocenters. The number of nitrogens with zero attached hydrogens (tertiary/aromatic N) is 4. The van der Waals surface area contributed by atoms with Gasteiger partial charge in [-0.3, -0.25) is 28.8 Å². The minimum Gasteiger partial charge on any atom is -0.870 e. The molecule has 6 heterocycles. The van der Waals surface area contributed by atoms with Crippen molar-refractivity contribution in [3.63, 3.8) is 0 Å². The summed E-state index contributed by atoms with van der Waals surface area (Å²) in [5, 5.41) is 23.3. The molecule has 2 amide bonds. The zero-order valence-electron chi connectivity index (χ0n) is 66.2. The Bertz CT molecular complexity index is 4410. The van der Waals surface area contributed by atoms with Gasteiger partial charge in [0.05, 0.1) is 33.5 Å². The van der Waals surface area contributed by atoms with E-state index in [0.29, 0.717) is 105 Å². The molecule has 2 saturated heterocycles. The summed E-state index contributed by atoms with van der Waals surface area (Å²) in [5.41, 5.74) is 12.6. The Hall–Kier alpha value is -9.68. The number of pyridine rings is 2. The Kier molecular flexibility index (Phi) is 34.9. The Morgan fingerprint density at radius 1 is 0.536 bits per heavy atom. The number of hydrogen-bond donors (Lipinski definition) is 5. The summed E-state index contributed by atoms with van der Waals surface area (Å²) in [6.07, 6.45) is 6.62. The molecule has 8 aromatic rings. The Labute approximate surface area is 655 Å². The maximum absolute atomic E-state index is 13.9. The molecule has 27 heteroatoms. The number of aromatic nitrogens is 4. The van der Waals surface area contributed by atoms with Crippen LogP contribution in [0.3, 0.4) is 0 Å². The third kappa shape index (κ3) is 23.7. The number of esters is 1. The van der Waals surface area contributed by atoms with Crippen LogP contribution in [0.4, 0.5) is 11.4 Å². The van der Waals surface area contributed by atoms with E-state index in [-0.39, 0.29) is 95.3 Å². The quantitative estimate of drug-likeness (QED) is 0.0142. The minimum absolute atomic E-state index is 0. The van der Waals surface area contributed by atoms with E-state index >= 15 is 0 Å². The number of carbonyl (C=O) groups is 4. The van der Waals surface area contributed by atoms with Gasteiger partial charge in [0.15, 0.2) is 11.5 Å². The van der Waals surface area contributed by atoms with Crippen molar-refractivity contribution >= 4 is 35.1 Å². The summed E-state index contributed by atoms with van der Waals surface area (Å²) in [5.74, 6) is -0.469. The SMILES string of the molecule is CCN(c1cc(-c2ccc(OCCCCOc3cc(C(C(=O)O)C(C)C)on3)cc2)cc(C(=O)NCc2c(C)cc(C)[nH]c2=O)c1C)C1CCOCC1.CCN(c1cc(-c2ccc(OCCCCOc3cc(C(C(=O)OC)C(C)C)on3)cc2)cc(C(=O)NCc2c(C)cc(C)[nH]c2=O)c1C)C1CCOCC1.O.[Li+].[OH-]. The first-order valence-corrected chi connectivity index (χ1v) is 37.4. The van der Waals surface area contributed by atoms with Crippen molar-refractivity contribution in [2.45, 2.75) is 171 Å². The predicted octanol–water partition coefficient (Wildman–Crippen LogP) is 10.00. The molecule has 0 saturated carbocycles. The van der Waals surface area contributed by atoms with Crippen molar-refractivity contribution in [2.75, 3.05) is 82.9 Å². The number of nitrogens with one attached hydrogen (secondary N) is 4. The zero-order valence-corrected chi connectivity index (χ0v) is 66.2. The van der Waals surface area contributed by atoms with Crippen LogP contribution in [0.1, 0.15) is 182 Å². The fourth-order valence-corrected chi connectivity index (χ4v) is 14.0. The molecule has 4 aromatic heterocycles. The van der Waals surface area contributed by atoms with Crippen LogP contribution >= 0.6 is 0 Å². The molecule has 10 rings (SSSR count). The van der Waals surface area contributed by atoms with E-state index in [4.69, 9.17) is 42.2 Å². The van der Waals surface area contributed by atoms with Crippen LogP contribution in [0.2, 0.25) is 0 Å². The largest absolute Gasteiger partial charge is 1.00 e. The number of H-pyrrole nitrogens is 2. The van der Waals surface area contributed by atoms with Crippen LogP contribution in [0.25, 0.3) is 22.3 Å². The van der Waals surface area contributed by atoms with E-state index in [2.05, 4.69) is 66.7 Å². The maximum atomic E-state index is 13.9. The van der Waals surface area contributed by atoms with Gasteiger partial charge in [0.1, 0.15) is 23.3 Å². The Morgan fingerprint density at radius 3 is 1.24 bits per heavy atom. The molecule has 0 radical (unpaired) electrons. The van der Waals surface area contributed by atoms with Crippen molar-refractivity contribution in [1.82, 2.24) is 30.9 Å². The van der Waals surface area contributed by atoms with Crippen LogP contribution in [0, 0.1) is 53.4 Å². The number of rotatable bonds is 34. The number of carboxylic acids is 1. The van der Waals surface area contributed by atoms with Gasteiger partial charge in [-0.2, -0.15) is 0 Å². The van der Waals surface area contributed by atoms with Crippen LogP contribution in [0.15, 0.2) is 116 Å². The van der Waals surface area contributed by atoms with Gasteiger partial charge in [-0.15, -0.1) is 0 Å². The van der Waals surface area contributed by atoms with Crippen LogP contribution in [-0.2, 0) is 36.9 Å². The van der Waals surface area contributed by atoms with Crippen molar-refractivity contribution < 1.29 is 96.3 Å². The molecular weight excluding hydrogens is 1400 g/mol. The number of anilines is 2. The van der Waals surface area contributed by atoms with Crippen molar-refractivity contribution in [2.24, 2.45) is 11.8 Å². The molecule has 2 aliphatic rings. The van der Waals surface area contributed by atoms with Crippen molar-refractivity contribution in [3.05, 3.63) is 185 Å². The molecule has 2 fully saturated rings. The Balaban J connectivity index is 0.000000334. The molecule has 26 nitrogen and oxygen atoms in total. The van der Waals surface area contributed by atoms with E-state index in [0.717, 1.165) is 137 Å². The first kappa shape index (κ1) is 89.2. The van der Waals surface area contributed by atoms with E-state index in [1.54, 1.807) is 12.1 Å². The summed E-state index contributed by atoms with van der Waals surface area (Å²) in [7, 11) is 1.36. The van der Waals surface area contributed by atoms with Crippen LogP contribution in [-0.4, -0.2) is 145 Å². The van der Waals surface area contributed by atoms with Gasteiger partial charge >= 0.3 is 30.8 Å². The summed E-state index contributed by atoms with van der Waals surface area (Å²) >= 11 is 0. The summed E-state index contributed by atoms with van der Waals surface area (Å²) in [6, 6.07) is 31.6. The standard InChI is InChI=1S/C42H54N4O8.C41H52N4O8.Li.2H2O/c1-8-46(32-15-19-51-20-16-32)36-23-31(22-34(29(36)6)40(47)43-25-35-27(4)21-28(5)44-41(35)48)30-11-13-33(14-12-30)52-17-9-10-18-53-38-24-37(54-45-38)39(26(2)3)42(49)50-7;1-7-45(31-14-18-50-19-15-31)35-22-30(21-33(28(35)6)39(46)42-24-34-26(4)20-27(5)43-40(34)47)29-10-12-32(13-11-29)51-16-8-9-17-52-37-23-36(53-44-37)38(25(2)3)41(48)49;;;/h11-14,21-24,26,32,39H,8-10,15-20,25H2,1-7H3,(H,43,47)(H,44,48);10-13,20-23,25,31,38H,7-9,14-19,24H2,1-6H3,(H,42,46)(H,43,47)(H,48,49);;2*1H2/q;;+1;;/p-1. The van der Waals surface area contributed by atoms with E-state index < -0.39 is 17.8 Å². The topological polar surface area (TPSA) is 363 Å². The van der Waals surface area contributed by atoms with Crippen molar-refractivity contribution in [3.8, 4) is 45.5 Å². The molecule has 110 heavy (non-hydrogen) atoms. The average molecular weight is 1510 g/mol. The second kappa shape index (κ2) is 43.1. The smallest absolute Gasteiger partial charge is 0.870 e. The molecule has 0 aliphatic carbocycles. The van der Waals surface area contributed by atoms with Gasteiger partial charge < -0.3 is 88.7 Å². The number of aliphatic carboxylic acids is 1. The van der Waals surface area contributed by atoms with Gasteiger partial charge in [-0.25, -0.2) is 0 Å². The first-order valence-electron chi connectivity index (χ1n) is 37.4. The number of unbranched alkanes of at least 4 members (excludes halogenated alkanes) is 2.